The second kappa shape index (κ2) is 6.01. The number of nitrogens with zero attached hydrogens (tertiary/aromatic N) is 1. The van der Waals surface area contributed by atoms with Crippen LogP contribution in [0, 0.1) is 0 Å². The average Bonchev–Trinajstić information content (AvgIpc) is 2.40. The number of benzene rings is 1. The quantitative estimate of drug-likeness (QED) is 0.682. The molecule has 1 amide bonds. The maximum absolute atomic E-state index is 12.6. The van der Waals surface area contributed by atoms with E-state index in [2.05, 4.69) is 10.3 Å². The van der Waals surface area contributed by atoms with Gasteiger partial charge in [-0.2, -0.15) is 13.2 Å². The summed E-state index contributed by atoms with van der Waals surface area (Å²) >= 11 is 5.55. The SMILES string of the molecule is O=CNc1ccc(Oc2cc(C(F)(F)F)cc(Cl)n2)cc1. The first-order valence-electron chi connectivity index (χ1n) is 5.61. The van der Waals surface area contributed by atoms with Gasteiger partial charge in [-0.15, -0.1) is 0 Å². The Labute approximate surface area is 122 Å². The lowest BCUT2D eigenvalue weighted by Crippen LogP contribution is -2.05. The number of halogens is 4. The topological polar surface area (TPSA) is 51.2 Å². The third kappa shape index (κ3) is 4.09. The second-order valence-corrected chi connectivity index (χ2v) is 4.29. The predicted molar refractivity (Wildman–Crippen MR) is 70.5 cm³/mol. The van der Waals surface area contributed by atoms with E-state index in [1.165, 1.54) is 24.3 Å². The summed E-state index contributed by atoms with van der Waals surface area (Å²) in [7, 11) is 0. The van der Waals surface area contributed by atoms with Crippen LogP contribution in [0.1, 0.15) is 5.56 Å². The third-order valence-electron chi connectivity index (χ3n) is 2.40. The molecule has 0 saturated heterocycles. The summed E-state index contributed by atoms with van der Waals surface area (Å²) in [5, 5.41) is 2.09. The molecule has 0 radical (unpaired) electrons. The average molecular weight is 317 g/mol. The van der Waals surface area contributed by atoms with Crippen LogP contribution in [0.4, 0.5) is 18.9 Å². The number of ether oxygens (including phenoxy) is 1. The Hall–Kier alpha value is -2.28. The molecule has 0 unspecified atom stereocenters. The van der Waals surface area contributed by atoms with E-state index in [-0.39, 0.29) is 16.8 Å². The molecule has 0 bridgehead atoms. The number of anilines is 1. The number of nitrogens with one attached hydrogen (secondary N) is 1. The van der Waals surface area contributed by atoms with Crippen molar-refractivity contribution in [3.63, 3.8) is 0 Å². The molecule has 1 N–H and O–H groups in total. The first-order chi connectivity index (χ1) is 9.88. The molecule has 21 heavy (non-hydrogen) atoms. The molecule has 4 nitrogen and oxygen atoms in total. The molecule has 1 heterocycles. The van der Waals surface area contributed by atoms with Gasteiger partial charge in [0, 0.05) is 11.8 Å². The van der Waals surface area contributed by atoms with Crippen LogP contribution in [0.15, 0.2) is 36.4 Å². The van der Waals surface area contributed by atoms with Gasteiger partial charge in [-0.1, -0.05) is 11.6 Å². The van der Waals surface area contributed by atoms with Gasteiger partial charge in [0.1, 0.15) is 10.9 Å². The molecule has 0 aliphatic carbocycles. The van der Waals surface area contributed by atoms with Crippen molar-refractivity contribution in [1.82, 2.24) is 4.98 Å². The van der Waals surface area contributed by atoms with Crippen molar-refractivity contribution in [1.29, 1.82) is 0 Å². The largest absolute Gasteiger partial charge is 0.439 e. The van der Waals surface area contributed by atoms with Gasteiger partial charge in [0.15, 0.2) is 0 Å². The maximum atomic E-state index is 12.6. The highest BCUT2D eigenvalue weighted by molar-refractivity contribution is 6.29. The third-order valence-corrected chi connectivity index (χ3v) is 2.59. The fourth-order valence-corrected chi connectivity index (χ4v) is 1.70. The smallest absolute Gasteiger partial charge is 0.416 e. The van der Waals surface area contributed by atoms with Crippen LogP contribution in [-0.2, 0) is 11.0 Å². The summed E-state index contributed by atoms with van der Waals surface area (Å²) in [5.41, 5.74) is -0.427. The van der Waals surface area contributed by atoms with E-state index >= 15 is 0 Å². The van der Waals surface area contributed by atoms with Crippen molar-refractivity contribution in [3.05, 3.63) is 47.1 Å². The summed E-state index contributed by atoms with van der Waals surface area (Å²) in [6, 6.07) is 7.47. The zero-order chi connectivity index (χ0) is 15.5. The molecule has 0 aliphatic rings. The molecule has 2 aromatic rings. The van der Waals surface area contributed by atoms with Crippen molar-refractivity contribution < 1.29 is 22.7 Å². The van der Waals surface area contributed by atoms with Crippen LogP contribution < -0.4 is 10.1 Å². The van der Waals surface area contributed by atoms with E-state index in [0.29, 0.717) is 18.2 Å². The molecule has 0 fully saturated rings. The number of carbonyl (C=O) groups excluding carboxylic acids is 1. The number of amides is 1. The van der Waals surface area contributed by atoms with Crippen molar-refractivity contribution in [2.45, 2.75) is 6.18 Å². The van der Waals surface area contributed by atoms with Gasteiger partial charge >= 0.3 is 6.18 Å². The van der Waals surface area contributed by atoms with E-state index < -0.39 is 11.7 Å². The van der Waals surface area contributed by atoms with Gasteiger partial charge in [0.05, 0.1) is 5.56 Å². The van der Waals surface area contributed by atoms with Crippen LogP contribution in [0.3, 0.4) is 0 Å². The van der Waals surface area contributed by atoms with Crippen LogP contribution in [0.25, 0.3) is 0 Å². The molecule has 110 valence electrons. The molecule has 0 saturated carbocycles. The highest BCUT2D eigenvalue weighted by Gasteiger charge is 2.31. The van der Waals surface area contributed by atoms with E-state index in [4.69, 9.17) is 16.3 Å². The van der Waals surface area contributed by atoms with Crippen molar-refractivity contribution in [3.8, 4) is 11.6 Å². The molecular formula is C13H8ClF3N2O2. The Bertz CT molecular complexity index is 645. The van der Waals surface area contributed by atoms with E-state index in [9.17, 15) is 18.0 Å². The number of pyridine rings is 1. The molecule has 8 heteroatoms. The minimum absolute atomic E-state index is 0.259. The Kier molecular flexibility index (Phi) is 4.32. The van der Waals surface area contributed by atoms with E-state index in [1.807, 2.05) is 0 Å². The number of hydrogen-bond donors (Lipinski definition) is 1. The lowest BCUT2D eigenvalue weighted by atomic mass is 10.2. The maximum Gasteiger partial charge on any atom is 0.416 e. The molecule has 0 atom stereocenters. The summed E-state index contributed by atoms with van der Waals surface area (Å²) in [6.45, 7) is 0. The predicted octanol–water partition coefficient (Wildman–Crippen LogP) is 4.11. The molecule has 1 aromatic heterocycles. The van der Waals surface area contributed by atoms with Gasteiger partial charge in [-0.05, 0) is 30.3 Å². The Morgan fingerprint density at radius 3 is 2.43 bits per heavy atom. The molecule has 2 rings (SSSR count). The Morgan fingerprint density at radius 2 is 1.86 bits per heavy atom. The second-order valence-electron chi connectivity index (χ2n) is 3.90. The lowest BCUT2D eigenvalue weighted by molar-refractivity contribution is -0.137. The Morgan fingerprint density at radius 1 is 1.19 bits per heavy atom. The van der Waals surface area contributed by atoms with E-state index in [0.717, 1.165) is 6.07 Å². The molecule has 1 aromatic carbocycles. The normalized spacial score (nSPS) is 11.0. The lowest BCUT2D eigenvalue weighted by Gasteiger charge is -2.10. The highest BCUT2D eigenvalue weighted by atomic mass is 35.5. The number of hydrogen-bond acceptors (Lipinski definition) is 3. The van der Waals surface area contributed by atoms with Crippen molar-refractivity contribution >= 4 is 23.7 Å². The van der Waals surface area contributed by atoms with Gasteiger partial charge in [0.25, 0.3) is 0 Å². The van der Waals surface area contributed by atoms with Crippen LogP contribution >= 0.6 is 11.6 Å². The first-order valence-corrected chi connectivity index (χ1v) is 5.99. The van der Waals surface area contributed by atoms with Gasteiger partial charge in [-0.25, -0.2) is 4.98 Å². The minimum atomic E-state index is -4.54. The van der Waals surface area contributed by atoms with Gasteiger partial charge in [0.2, 0.25) is 12.3 Å². The summed E-state index contributed by atoms with van der Waals surface area (Å²) < 4.78 is 43.1. The van der Waals surface area contributed by atoms with Crippen LogP contribution in [0.2, 0.25) is 5.15 Å². The monoisotopic (exact) mass is 316 g/mol. The highest BCUT2D eigenvalue weighted by Crippen LogP contribution is 2.33. The zero-order valence-corrected chi connectivity index (χ0v) is 11.1. The van der Waals surface area contributed by atoms with Crippen LogP contribution in [-0.4, -0.2) is 11.4 Å². The van der Waals surface area contributed by atoms with Gasteiger partial charge in [-0.3, -0.25) is 4.79 Å². The minimum Gasteiger partial charge on any atom is -0.439 e. The Balaban J connectivity index is 2.23. The standard InChI is InChI=1S/C13H8ClF3N2O2/c14-11-5-8(13(15,16)17)6-12(19-11)21-10-3-1-9(2-4-10)18-7-20/h1-7H,(H,18,20). The molecular weight excluding hydrogens is 309 g/mol. The van der Waals surface area contributed by atoms with E-state index in [1.54, 1.807) is 0 Å². The van der Waals surface area contributed by atoms with Gasteiger partial charge < -0.3 is 10.1 Å². The fraction of sp³-hybridized carbons (Fsp3) is 0.0769. The summed E-state index contributed by atoms with van der Waals surface area (Å²) in [4.78, 5) is 13.9. The molecule has 0 aliphatic heterocycles. The summed E-state index contributed by atoms with van der Waals surface area (Å²) in [5.74, 6) is -0.0136. The first kappa shape index (κ1) is 15.1. The number of alkyl halides is 3. The molecule has 0 spiro atoms. The van der Waals surface area contributed by atoms with Crippen molar-refractivity contribution in [2.24, 2.45) is 0 Å². The summed E-state index contributed by atoms with van der Waals surface area (Å²) in [6.07, 6.45) is -4.04. The van der Waals surface area contributed by atoms with Crippen molar-refractivity contribution in [2.75, 3.05) is 5.32 Å². The zero-order valence-electron chi connectivity index (χ0n) is 10.3. The number of aromatic nitrogens is 1. The number of rotatable bonds is 4. The number of carbonyl (C=O) groups is 1. The fourth-order valence-electron chi connectivity index (χ4n) is 1.50. The van der Waals surface area contributed by atoms with Crippen LogP contribution in [0.5, 0.6) is 11.6 Å².